The van der Waals surface area contributed by atoms with Crippen LogP contribution in [-0.2, 0) is 9.53 Å². The van der Waals surface area contributed by atoms with E-state index in [0.717, 1.165) is 12.8 Å². The van der Waals surface area contributed by atoms with Gasteiger partial charge in [-0.1, -0.05) is 38.0 Å². The van der Waals surface area contributed by atoms with E-state index < -0.39 is 0 Å². The van der Waals surface area contributed by atoms with Crippen LogP contribution in [0.4, 0.5) is 0 Å². The van der Waals surface area contributed by atoms with Crippen LogP contribution in [0, 0.1) is 5.92 Å². The van der Waals surface area contributed by atoms with Gasteiger partial charge in [-0.15, -0.1) is 0 Å². The summed E-state index contributed by atoms with van der Waals surface area (Å²) in [4.78, 5) is 11.1. The molecule has 1 saturated carbocycles. The molecule has 0 bridgehead atoms. The van der Waals surface area contributed by atoms with Crippen molar-refractivity contribution in [1.29, 1.82) is 0 Å². The minimum atomic E-state index is -0.234. The summed E-state index contributed by atoms with van der Waals surface area (Å²) in [6.07, 6.45) is 9.95. The smallest absolute Gasteiger partial charge is 0.333 e. The maximum Gasteiger partial charge on any atom is 0.333 e. The molecule has 1 fully saturated rings. The number of hydrogen-bond acceptors (Lipinski definition) is 2. The number of methoxy groups -OCH3 is 1. The summed E-state index contributed by atoms with van der Waals surface area (Å²) in [5.74, 6) is 0.146. The Kier molecular flexibility index (Phi) is 8.59. The highest BCUT2D eigenvalue weighted by Gasteiger charge is 2.21. The van der Waals surface area contributed by atoms with Gasteiger partial charge in [0.05, 0.1) is 7.11 Å². The van der Waals surface area contributed by atoms with Crippen LogP contribution in [0.15, 0.2) is 24.3 Å². The van der Waals surface area contributed by atoms with Gasteiger partial charge in [0.15, 0.2) is 0 Å². The van der Waals surface area contributed by atoms with Crippen molar-refractivity contribution in [3.63, 3.8) is 0 Å². The lowest BCUT2D eigenvalue weighted by Crippen LogP contribution is -2.16. The van der Waals surface area contributed by atoms with Crippen LogP contribution >= 0.6 is 0 Å². The van der Waals surface area contributed by atoms with E-state index in [2.05, 4.69) is 11.3 Å². The van der Waals surface area contributed by atoms with E-state index in [1.807, 2.05) is 26.0 Å². The van der Waals surface area contributed by atoms with Crippen molar-refractivity contribution in [2.24, 2.45) is 5.92 Å². The first-order chi connectivity index (χ1) is 7.67. The standard InChI is InChI=1S/C10H16O2.C4H8/c1-8(10(11)12-2)9-6-4-3-5-7-9;1-3-4-2/h9H,1,3-7H2,2H3;3-4H,1-2H3. The van der Waals surface area contributed by atoms with Gasteiger partial charge in [-0.25, -0.2) is 4.79 Å². The minimum Gasteiger partial charge on any atom is -0.466 e. The first kappa shape index (κ1) is 14.9. The molecule has 0 aliphatic heterocycles. The summed E-state index contributed by atoms with van der Waals surface area (Å²) in [7, 11) is 1.41. The molecular formula is C14H24O2. The Morgan fingerprint density at radius 1 is 1.19 bits per heavy atom. The SMILES string of the molecule is C=C(C(=O)OC)C1CCCCC1.CC=CC. The van der Waals surface area contributed by atoms with Gasteiger partial charge in [0.1, 0.15) is 0 Å². The second kappa shape index (κ2) is 9.20. The van der Waals surface area contributed by atoms with Gasteiger partial charge in [0.25, 0.3) is 0 Å². The average Bonchev–Trinajstić information content (AvgIpc) is 2.38. The van der Waals surface area contributed by atoms with Crippen molar-refractivity contribution in [3.8, 4) is 0 Å². The van der Waals surface area contributed by atoms with Gasteiger partial charge in [-0.05, 0) is 32.6 Å². The maximum absolute atomic E-state index is 11.1. The fraction of sp³-hybridized carbons (Fsp3) is 0.643. The van der Waals surface area contributed by atoms with Gasteiger partial charge in [-0.2, -0.15) is 0 Å². The van der Waals surface area contributed by atoms with Crippen molar-refractivity contribution in [2.45, 2.75) is 46.0 Å². The number of allylic oxidation sites excluding steroid dienone is 2. The molecule has 0 aromatic heterocycles. The molecule has 0 aromatic rings. The number of ether oxygens (including phenoxy) is 1. The van der Waals surface area contributed by atoms with Gasteiger partial charge >= 0.3 is 5.97 Å². The van der Waals surface area contributed by atoms with E-state index in [9.17, 15) is 4.79 Å². The molecule has 0 unspecified atom stereocenters. The Morgan fingerprint density at radius 2 is 1.69 bits per heavy atom. The van der Waals surface area contributed by atoms with E-state index in [1.54, 1.807) is 0 Å². The molecule has 0 spiro atoms. The third-order valence-electron chi connectivity index (χ3n) is 2.88. The van der Waals surface area contributed by atoms with E-state index in [1.165, 1.54) is 26.4 Å². The van der Waals surface area contributed by atoms with Gasteiger partial charge in [0, 0.05) is 5.57 Å². The van der Waals surface area contributed by atoms with Crippen LogP contribution in [0.25, 0.3) is 0 Å². The monoisotopic (exact) mass is 224 g/mol. The molecule has 2 nitrogen and oxygen atoms in total. The van der Waals surface area contributed by atoms with E-state index >= 15 is 0 Å². The lowest BCUT2D eigenvalue weighted by Gasteiger charge is -2.21. The molecule has 1 aliphatic carbocycles. The van der Waals surface area contributed by atoms with Crippen molar-refractivity contribution in [1.82, 2.24) is 0 Å². The van der Waals surface area contributed by atoms with Crippen molar-refractivity contribution in [3.05, 3.63) is 24.3 Å². The quantitative estimate of drug-likeness (QED) is 0.404. The summed E-state index contributed by atoms with van der Waals surface area (Å²) in [5.41, 5.74) is 0.664. The lowest BCUT2D eigenvalue weighted by atomic mass is 9.84. The fourth-order valence-corrected chi connectivity index (χ4v) is 1.75. The van der Waals surface area contributed by atoms with Crippen molar-refractivity contribution in [2.75, 3.05) is 7.11 Å². The number of carbonyl (C=O) groups is 1. The molecular weight excluding hydrogens is 200 g/mol. The fourth-order valence-electron chi connectivity index (χ4n) is 1.75. The number of esters is 1. The van der Waals surface area contributed by atoms with Crippen LogP contribution in [0.2, 0.25) is 0 Å². The zero-order valence-electron chi connectivity index (χ0n) is 10.8. The maximum atomic E-state index is 11.1. The van der Waals surface area contributed by atoms with Crippen LogP contribution < -0.4 is 0 Å². The molecule has 2 heteroatoms. The van der Waals surface area contributed by atoms with Crippen molar-refractivity contribution < 1.29 is 9.53 Å². The number of rotatable bonds is 2. The number of carbonyl (C=O) groups excluding carboxylic acids is 1. The summed E-state index contributed by atoms with van der Waals surface area (Å²) in [6, 6.07) is 0. The van der Waals surface area contributed by atoms with Gasteiger partial charge in [0.2, 0.25) is 0 Å². The Bertz CT molecular complexity index is 231. The Labute approximate surface area is 99.4 Å². The molecule has 0 N–H and O–H groups in total. The summed E-state index contributed by atoms with van der Waals surface area (Å²) in [6.45, 7) is 7.77. The highest BCUT2D eigenvalue weighted by atomic mass is 16.5. The summed E-state index contributed by atoms with van der Waals surface area (Å²) in [5, 5.41) is 0. The lowest BCUT2D eigenvalue weighted by molar-refractivity contribution is -0.136. The Morgan fingerprint density at radius 3 is 2.06 bits per heavy atom. The average molecular weight is 224 g/mol. The highest BCUT2D eigenvalue weighted by Crippen LogP contribution is 2.29. The molecule has 0 amide bonds. The van der Waals surface area contributed by atoms with Crippen LogP contribution in [-0.4, -0.2) is 13.1 Å². The van der Waals surface area contributed by atoms with E-state index in [-0.39, 0.29) is 5.97 Å². The second-order valence-electron chi connectivity index (χ2n) is 4.02. The second-order valence-corrected chi connectivity index (χ2v) is 4.02. The van der Waals surface area contributed by atoms with Crippen LogP contribution in [0.5, 0.6) is 0 Å². The Hall–Kier alpha value is -1.05. The largest absolute Gasteiger partial charge is 0.466 e. The predicted octanol–water partition coefficient (Wildman–Crippen LogP) is 3.88. The topological polar surface area (TPSA) is 26.3 Å². The normalized spacial score (nSPS) is 16.4. The zero-order chi connectivity index (χ0) is 12.4. The molecule has 0 atom stereocenters. The first-order valence-corrected chi connectivity index (χ1v) is 6.01. The molecule has 16 heavy (non-hydrogen) atoms. The first-order valence-electron chi connectivity index (χ1n) is 6.01. The van der Waals surface area contributed by atoms with Crippen LogP contribution in [0.1, 0.15) is 46.0 Å². The molecule has 92 valence electrons. The zero-order valence-corrected chi connectivity index (χ0v) is 10.8. The number of hydrogen-bond donors (Lipinski definition) is 0. The minimum absolute atomic E-state index is 0.234. The molecule has 1 rings (SSSR count). The van der Waals surface area contributed by atoms with Gasteiger partial charge in [-0.3, -0.25) is 0 Å². The van der Waals surface area contributed by atoms with Gasteiger partial charge < -0.3 is 4.74 Å². The molecule has 0 aromatic carbocycles. The summed E-state index contributed by atoms with van der Waals surface area (Å²) < 4.78 is 4.63. The molecule has 0 radical (unpaired) electrons. The Balaban J connectivity index is 0.000000487. The van der Waals surface area contributed by atoms with Crippen LogP contribution in [0.3, 0.4) is 0 Å². The van der Waals surface area contributed by atoms with Crippen molar-refractivity contribution >= 4 is 5.97 Å². The predicted molar refractivity (Wildman–Crippen MR) is 68.2 cm³/mol. The summed E-state index contributed by atoms with van der Waals surface area (Å²) >= 11 is 0. The molecule has 1 aliphatic rings. The molecule has 0 heterocycles. The van der Waals surface area contributed by atoms with E-state index in [0.29, 0.717) is 11.5 Å². The highest BCUT2D eigenvalue weighted by molar-refractivity contribution is 5.88. The molecule has 0 saturated heterocycles. The third-order valence-corrected chi connectivity index (χ3v) is 2.88. The third kappa shape index (κ3) is 5.74. The van der Waals surface area contributed by atoms with E-state index in [4.69, 9.17) is 0 Å².